The van der Waals surface area contributed by atoms with Crippen molar-refractivity contribution in [3.8, 4) is 0 Å². The molecule has 1 amide bonds. The van der Waals surface area contributed by atoms with Gasteiger partial charge in [-0.1, -0.05) is 18.2 Å². The van der Waals surface area contributed by atoms with Gasteiger partial charge in [-0.05, 0) is 36.4 Å². The van der Waals surface area contributed by atoms with Crippen LogP contribution in [0.25, 0.3) is 0 Å². The number of benzene rings is 1. The first-order valence-electron chi connectivity index (χ1n) is 7.98. The van der Waals surface area contributed by atoms with Crippen LogP contribution in [0.5, 0.6) is 0 Å². The Labute approximate surface area is 155 Å². The molecule has 0 saturated carbocycles. The Kier molecular flexibility index (Phi) is 5.40. The Morgan fingerprint density at radius 2 is 2.00 bits per heavy atom. The van der Waals surface area contributed by atoms with Crippen molar-refractivity contribution in [3.05, 3.63) is 47.3 Å². The van der Waals surface area contributed by atoms with Crippen LogP contribution in [0.3, 0.4) is 0 Å². The number of para-hydroxylation sites is 1. The van der Waals surface area contributed by atoms with E-state index in [0.29, 0.717) is 18.5 Å². The van der Waals surface area contributed by atoms with Crippen molar-refractivity contribution >= 4 is 38.9 Å². The quantitative estimate of drug-likeness (QED) is 0.786. The lowest BCUT2D eigenvalue weighted by Gasteiger charge is -2.23. The van der Waals surface area contributed by atoms with Gasteiger partial charge in [-0.3, -0.25) is 4.79 Å². The van der Waals surface area contributed by atoms with Crippen molar-refractivity contribution in [2.45, 2.75) is 23.1 Å². The Morgan fingerprint density at radius 1 is 1.23 bits per heavy atom. The molecule has 1 N–H and O–H groups in total. The van der Waals surface area contributed by atoms with E-state index >= 15 is 0 Å². The van der Waals surface area contributed by atoms with Crippen molar-refractivity contribution in [1.82, 2.24) is 4.31 Å². The highest BCUT2D eigenvalue weighted by atomic mass is 32.2. The summed E-state index contributed by atoms with van der Waals surface area (Å²) in [5, 5.41) is 4.36. The number of anilines is 1. The smallest absolute Gasteiger partial charge is 0.339 e. The average molecular weight is 394 g/mol. The number of esters is 1. The second-order valence-electron chi connectivity index (χ2n) is 5.73. The number of carbonyl (C=O) groups is 2. The van der Waals surface area contributed by atoms with Crippen molar-refractivity contribution in [2.75, 3.05) is 19.0 Å². The predicted molar refractivity (Wildman–Crippen MR) is 97.6 cm³/mol. The Morgan fingerprint density at radius 3 is 2.69 bits per heavy atom. The molecule has 0 bridgehead atoms. The van der Waals surface area contributed by atoms with Crippen LogP contribution in [0.4, 0.5) is 5.69 Å². The topological polar surface area (TPSA) is 92.8 Å². The van der Waals surface area contributed by atoms with Crippen LogP contribution in [-0.2, 0) is 19.6 Å². The monoisotopic (exact) mass is 394 g/mol. The lowest BCUT2D eigenvalue weighted by Crippen LogP contribution is -2.43. The minimum Gasteiger partial charge on any atom is -0.465 e. The maximum atomic E-state index is 12.8. The molecule has 7 nitrogen and oxygen atoms in total. The number of methoxy groups -OCH3 is 1. The highest BCUT2D eigenvalue weighted by molar-refractivity contribution is 7.91. The summed E-state index contributed by atoms with van der Waals surface area (Å²) >= 11 is 1.12. The third-order valence-electron chi connectivity index (χ3n) is 4.15. The molecule has 1 aromatic carbocycles. The maximum Gasteiger partial charge on any atom is 0.339 e. The van der Waals surface area contributed by atoms with E-state index in [1.807, 2.05) is 0 Å². The van der Waals surface area contributed by atoms with Gasteiger partial charge in [-0.15, -0.1) is 11.3 Å². The molecule has 1 aromatic heterocycles. The molecule has 1 aliphatic heterocycles. The van der Waals surface area contributed by atoms with Gasteiger partial charge in [0.2, 0.25) is 5.91 Å². The van der Waals surface area contributed by atoms with Crippen LogP contribution in [0, 0.1) is 0 Å². The zero-order chi connectivity index (χ0) is 18.7. The molecule has 1 aliphatic rings. The van der Waals surface area contributed by atoms with Crippen molar-refractivity contribution in [2.24, 2.45) is 0 Å². The van der Waals surface area contributed by atoms with Gasteiger partial charge in [0.15, 0.2) is 0 Å². The zero-order valence-corrected chi connectivity index (χ0v) is 15.7. The molecule has 1 unspecified atom stereocenters. The first-order chi connectivity index (χ1) is 12.4. The van der Waals surface area contributed by atoms with Gasteiger partial charge in [0, 0.05) is 6.54 Å². The van der Waals surface area contributed by atoms with Gasteiger partial charge in [0.1, 0.15) is 10.3 Å². The summed E-state index contributed by atoms with van der Waals surface area (Å²) in [4.78, 5) is 24.6. The fraction of sp³-hybridized carbons (Fsp3) is 0.294. The van der Waals surface area contributed by atoms with Crippen LogP contribution >= 0.6 is 11.3 Å². The van der Waals surface area contributed by atoms with E-state index in [1.165, 1.54) is 23.5 Å². The van der Waals surface area contributed by atoms with Gasteiger partial charge in [-0.25, -0.2) is 13.2 Å². The summed E-state index contributed by atoms with van der Waals surface area (Å²) in [5.41, 5.74) is 0.513. The van der Waals surface area contributed by atoms with Gasteiger partial charge in [-0.2, -0.15) is 4.31 Å². The zero-order valence-electron chi connectivity index (χ0n) is 14.0. The molecule has 0 aliphatic carbocycles. The number of hydrogen-bond acceptors (Lipinski definition) is 6. The van der Waals surface area contributed by atoms with Gasteiger partial charge < -0.3 is 10.1 Å². The van der Waals surface area contributed by atoms with E-state index in [0.717, 1.165) is 11.3 Å². The number of rotatable bonds is 5. The number of thiophene rings is 1. The molecular weight excluding hydrogens is 376 g/mol. The number of ether oxygens (including phenoxy) is 1. The third kappa shape index (κ3) is 3.50. The van der Waals surface area contributed by atoms with Crippen LogP contribution in [-0.4, -0.2) is 44.3 Å². The Hall–Kier alpha value is -2.23. The van der Waals surface area contributed by atoms with Crippen molar-refractivity contribution < 1.29 is 22.7 Å². The first kappa shape index (κ1) is 18.6. The Balaban J connectivity index is 1.83. The second kappa shape index (κ2) is 7.56. The minimum absolute atomic E-state index is 0.215. The molecule has 26 heavy (non-hydrogen) atoms. The number of hydrogen-bond donors (Lipinski definition) is 1. The predicted octanol–water partition coefficient (Wildman–Crippen LogP) is 2.33. The lowest BCUT2D eigenvalue weighted by molar-refractivity contribution is -0.119. The molecule has 2 aromatic rings. The molecule has 9 heteroatoms. The van der Waals surface area contributed by atoms with Gasteiger partial charge >= 0.3 is 5.97 Å². The standard InChI is InChI=1S/C17H18N2O5S2/c1-24-17(21)12-6-2-3-7-13(12)18-16(20)14-8-4-10-19(14)26(22,23)15-9-5-11-25-15/h2-3,5-7,9,11,14H,4,8,10H2,1H3,(H,18,20). The largest absolute Gasteiger partial charge is 0.465 e. The van der Waals surface area contributed by atoms with Crippen molar-refractivity contribution in [1.29, 1.82) is 0 Å². The lowest BCUT2D eigenvalue weighted by atomic mass is 10.1. The first-order valence-corrected chi connectivity index (χ1v) is 10.3. The van der Waals surface area contributed by atoms with E-state index in [9.17, 15) is 18.0 Å². The van der Waals surface area contributed by atoms with Gasteiger partial charge in [0.05, 0.1) is 18.4 Å². The average Bonchev–Trinajstić information content (AvgIpc) is 3.33. The number of nitrogens with one attached hydrogen (secondary N) is 1. The van der Waals surface area contributed by atoms with Crippen LogP contribution < -0.4 is 5.32 Å². The molecule has 0 radical (unpaired) electrons. The number of sulfonamides is 1. The second-order valence-corrected chi connectivity index (χ2v) is 8.80. The highest BCUT2D eigenvalue weighted by Crippen LogP contribution is 2.29. The molecular formula is C17H18N2O5S2. The van der Waals surface area contributed by atoms with E-state index < -0.39 is 27.9 Å². The van der Waals surface area contributed by atoms with Gasteiger partial charge in [0.25, 0.3) is 10.0 Å². The molecule has 0 spiro atoms. The number of carbonyl (C=O) groups excluding carboxylic acids is 2. The van der Waals surface area contributed by atoms with Crippen LogP contribution in [0.1, 0.15) is 23.2 Å². The number of nitrogens with zero attached hydrogens (tertiary/aromatic N) is 1. The van der Waals surface area contributed by atoms with E-state index in [1.54, 1.807) is 29.6 Å². The summed E-state index contributed by atoms with van der Waals surface area (Å²) < 4.78 is 31.7. The van der Waals surface area contributed by atoms with E-state index in [-0.39, 0.29) is 16.3 Å². The molecule has 1 fully saturated rings. The summed E-state index contributed by atoms with van der Waals surface area (Å²) in [6.45, 7) is 0.289. The number of amides is 1. The van der Waals surface area contributed by atoms with E-state index in [2.05, 4.69) is 5.32 Å². The molecule has 3 rings (SSSR count). The van der Waals surface area contributed by atoms with E-state index in [4.69, 9.17) is 4.74 Å². The van der Waals surface area contributed by atoms with Crippen LogP contribution in [0.2, 0.25) is 0 Å². The van der Waals surface area contributed by atoms with Crippen molar-refractivity contribution in [3.63, 3.8) is 0 Å². The SMILES string of the molecule is COC(=O)c1ccccc1NC(=O)C1CCCN1S(=O)(=O)c1cccs1. The summed E-state index contributed by atoms with van der Waals surface area (Å²) in [6, 6.07) is 8.83. The molecule has 1 saturated heterocycles. The Bertz CT molecular complexity index is 909. The summed E-state index contributed by atoms with van der Waals surface area (Å²) in [7, 11) is -2.46. The molecule has 138 valence electrons. The normalized spacial score (nSPS) is 17.8. The third-order valence-corrected chi connectivity index (χ3v) is 7.44. The molecule has 2 heterocycles. The molecule has 1 atom stereocenters. The maximum absolute atomic E-state index is 12.8. The fourth-order valence-electron chi connectivity index (χ4n) is 2.91. The minimum atomic E-state index is -3.71. The summed E-state index contributed by atoms with van der Waals surface area (Å²) in [5.74, 6) is -1.03. The van der Waals surface area contributed by atoms with Crippen LogP contribution in [0.15, 0.2) is 46.0 Å². The fourth-order valence-corrected chi connectivity index (χ4v) is 5.69. The summed E-state index contributed by atoms with van der Waals surface area (Å²) in [6.07, 6.45) is 1.03. The highest BCUT2D eigenvalue weighted by Gasteiger charge is 2.40.